The van der Waals surface area contributed by atoms with Crippen molar-refractivity contribution >= 4 is 11.9 Å². The van der Waals surface area contributed by atoms with Crippen LogP contribution in [-0.2, 0) is 4.79 Å². The van der Waals surface area contributed by atoms with Crippen molar-refractivity contribution in [3.05, 3.63) is 29.8 Å². The van der Waals surface area contributed by atoms with E-state index in [1.54, 1.807) is 18.2 Å². The lowest BCUT2D eigenvalue weighted by Crippen LogP contribution is -2.29. The molecule has 1 aliphatic heterocycles. The van der Waals surface area contributed by atoms with Crippen LogP contribution < -0.4 is 9.47 Å². The van der Waals surface area contributed by atoms with Crippen LogP contribution in [0.4, 0.5) is 0 Å². The Morgan fingerprint density at radius 1 is 1.35 bits per heavy atom. The third kappa shape index (κ3) is 2.65. The molecule has 0 saturated heterocycles. The molecule has 0 fully saturated rings. The van der Waals surface area contributed by atoms with E-state index in [1.807, 2.05) is 6.07 Å². The monoisotopic (exact) mass is 234 g/mol. The van der Waals surface area contributed by atoms with Gasteiger partial charge in [-0.3, -0.25) is 4.79 Å². The molecule has 0 atom stereocenters. The second-order valence-corrected chi connectivity index (χ2v) is 4.37. The smallest absolute Gasteiger partial charge is 0.231 e. The predicted octanol–water partition coefficient (Wildman–Crippen LogP) is 1.77. The molecule has 0 radical (unpaired) electrons. The zero-order valence-corrected chi connectivity index (χ0v) is 9.77. The Balaban J connectivity index is 2.14. The Morgan fingerprint density at radius 2 is 2.06 bits per heavy atom. The van der Waals surface area contributed by atoms with Crippen LogP contribution in [0.15, 0.2) is 24.3 Å². The molecule has 1 aromatic rings. The Morgan fingerprint density at radius 3 is 2.76 bits per heavy atom. The van der Waals surface area contributed by atoms with Gasteiger partial charge in [-0.2, -0.15) is 0 Å². The molecule has 0 aliphatic carbocycles. The quantitative estimate of drug-likeness (QED) is 0.810. The lowest BCUT2D eigenvalue weighted by atomic mass is 10.0. The molecular formula is C13H14O4. The summed E-state index contributed by atoms with van der Waals surface area (Å²) < 4.78 is 10.4. The van der Waals surface area contributed by atoms with Crippen molar-refractivity contribution in [3.63, 3.8) is 0 Å². The molecule has 0 saturated carbocycles. The molecule has 0 unspecified atom stereocenters. The number of benzene rings is 1. The van der Waals surface area contributed by atoms with E-state index in [4.69, 9.17) is 9.47 Å². The average Bonchev–Trinajstić information content (AvgIpc) is 2.71. The number of hydrogen-bond donors (Lipinski definition) is 1. The first-order valence-corrected chi connectivity index (χ1v) is 5.31. The molecule has 90 valence electrons. The van der Waals surface area contributed by atoms with Crippen molar-refractivity contribution in [2.75, 3.05) is 6.79 Å². The third-order valence-electron chi connectivity index (χ3n) is 2.43. The topological polar surface area (TPSA) is 55.8 Å². The summed E-state index contributed by atoms with van der Waals surface area (Å²) in [6.07, 6.45) is 3.00. The molecule has 0 bridgehead atoms. The molecule has 0 amide bonds. The number of rotatable bonds is 3. The number of aliphatic hydroxyl groups is 1. The summed E-state index contributed by atoms with van der Waals surface area (Å²) in [5.41, 5.74) is -0.515. The van der Waals surface area contributed by atoms with Gasteiger partial charge in [-0.25, -0.2) is 0 Å². The van der Waals surface area contributed by atoms with Crippen LogP contribution in [0.3, 0.4) is 0 Å². The van der Waals surface area contributed by atoms with Crippen LogP contribution in [0.25, 0.3) is 6.08 Å². The summed E-state index contributed by atoms with van der Waals surface area (Å²) in [6, 6.07) is 5.40. The lowest BCUT2D eigenvalue weighted by Gasteiger charge is -2.11. The van der Waals surface area contributed by atoms with Crippen molar-refractivity contribution in [2.24, 2.45) is 0 Å². The van der Waals surface area contributed by atoms with E-state index in [2.05, 4.69) is 0 Å². The first kappa shape index (κ1) is 11.7. The molecule has 1 N–H and O–H groups in total. The molecular weight excluding hydrogens is 220 g/mol. The predicted molar refractivity (Wildman–Crippen MR) is 62.9 cm³/mol. The Hall–Kier alpha value is -1.81. The highest BCUT2D eigenvalue weighted by Gasteiger charge is 2.20. The summed E-state index contributed by atoms with van der Waals surface area (Å²) >= 11 is 0. The highest BCUT2D eigenvalue weighted by Crippen LogP contribution is 2.32. The number of ketones is 1. The second-order valence-electron chi connectivity index (χ2n) is 4.37. The fourth-order valence-electron chi connectivity index (χ4n) is 1.39. The standard InChI is InChI=1S/C13H14O4/c1-13(2,15)12(14)6-4-9-3-5-10-11(7-9)17-8-16-10/h3-7,15H,8H2,1-2H3/b6-4+. The van der Waals surface area contributed by atoms with Crippen LogP contribution in [0, 0.1) is 0 Å². The van der Waals surface area contributed by atoms with Gasteiger partial charge in [-0.15, -0.1) is 0 Å². The van der Waals surface area contributed by atoms with Gasteiger partial charge in [0.05, 0.1) is 0 Å². The van der Waals surface area contributed by atoms with Crippen molar-refractivity contribution in [2.45, 2.75) is 19.4 Å². The SMILES string of the molecule is CC(C)(O)C(=O)/C=C/c1ccc2c(c1)OCO2. The molecule has 17 heavy (non-hydrogen) atoms. The largest absolute Gasteiger partial charge is 0.454 e. The van der Waals surface area contributed by atoms with Crippen molar-refractivity contribution in [1.29, 1.82) is 0 Å². The maximum atomic E-state index is 11.5. The van der Waals surface area contributed by atoms with Gasteiger partial charge < -0.3 is 14.6 Å². The molecule has 0 aromatic heterocycles. The van der Waals surface area contributed by atoms with Crippen LogP contribution >= 0.6 is 0 Å². The van der Waals surface area contributed by atoms with Gasteiger partial charge in [0.15, 0.2) is 17.3 Å². The summed E-state index contributed by atoms with van der Waals surface area (Å²) in [4.78, 5) is 11.5. The number of ether oxygens (including phenoxy) is 2. The van der Waals surface area contributed by atoms with Gasteiger partial charge in [0.25, 0.3) is 0 Å². The van der Waals surface area contributed by atoms with Crippen LogP contribution in [0.1, 0.15) is 19.4 Å². The fourth-order valence-corrected chi connectivity index (χ4v) is 1.39. The maximum Gasteiger partial charge on any atom is 0.231 e. The maximum absolute atomic E-state index is 11.5. The zero-order chi connectivity index (χ0) is 12.5. The Labute approximate surface area is 99.5 Å². The lowest BCUT2D eigenvalue weighted by molar-refractivity contribution is -0.128. The molecule has 1 aromatic carbocycles. The van der Waals surface area contributed by atoms with Crippen LogP contribution in [0.5, 0.6) is 11.5 Å². The minimum atomic E-state index is -1.34. The molecule has 4 nitrogen and oxygen atoms in total. The van der Waals surface area contributed by atoms with Gasteiger partial charge in [0, 0.05) is 0 Å². The van der Waals surface area contributed by atoms with Crippen molar-refractivity contribution < 1.29 is 19.4 Å². The fraction of sp³-hybridized carbons (Fsp3) is 0.308. The highest BCUT2D eigenvalue weighted by atomic mass is 16.7. The first-order chi connectivity index (χ1) is 7.97. The summed E-state index contributed by atoms with van der Waals surface area (Å²) in [5, 5.41) is 9.47. The summed E-state index contributed by atoms with van der Waals surface area (Å²) in [5.74, 6) is 1.04. The van der Waals surface area contributed by atoms with Gasteiger partial charge in [-0.1, -0.05) is 12.1 Å². The number of hydrogen-bond acceptors (Lipinski definition) is 4. The third-order valence-corrected chi connectivity index (χ3v) is 2.43. The van der Waals surface area contributed by atoms with Crippen LogP contribution in [-0.4, -0.2) is 23.3 Å². The second kappa shape index (κ2) is 4.22. The average molecular weight is 234 g/mol. The number of fused-ring (bicyclic) bond motifs is 1. The summed E-state index contributed by atoms with van der Waals surface area (Å²) in [6.45, 7) is 3.14. The van der Waals surface area contributed by atoms with E-state index in [-0.39, 0.29) is 12.6 Å². The molecule has 2 rings (SSSR count). The van der Waals surface area contributed by atoms with Gasteiger partial charge >= 0.3 is 0 Å². The summed E-state index contributed by atoms with van der Waals surface area (Å²) in [7, 11) is 0. The number of carbonyl (C=O) groups is 1. The minimum Gasteiger partial charge on any atom is -0.454 e. The van der Waals surface area contributed by atoms with E-state index in [0.717, 1.165) is 5.56 Å². The highest BCUT2D eigenvalue weighted by molar-refractivity contribution is 5.99. The van der Waals surface area contributed by atoms with Gasteiger partial charge in [0.2, 0.25) is 6.79 Å². The van der Waals surface area contributed by atoms with Gasteiger partial charge in [0.1, 0.15) is 5.60 Å². The minimum absolute atomic E-state index is 0.227. The van der Waals surface area contributed by atoms with Crippen molar-refractivity contribution in [1.82, 2.24) is 0 Å². The normalized spacial score (nSPS) is 14.3. The molecule has 1 heterocycles. The Kier molecular flexibility index (Phi) is 2.90. The first-order valence-electron chi connectivity index (χ1n) is 5.31. The van der Waals surface area contributed by atoms with E-state index < -0.39 is 5.60 Å². The number of carbonyl (C=O) groups excluding carboxylic acids is 1. The van der Waals surface area contributed by atoms with E-state index in [1.165, 1.54) is 19.9 Å². The van der Waals surface area contributed by atoms with E-state index in [0.29, 0.717) is 11.5 Å². The molecule has 4 heteroatoms. The van der Waals surface area contributed by atoms with Crippen molar-refractivity contribution in [3.8, 4) is 11.5 Å². The van der Waals surface area contributed by atoms with Gasteiger partial charge in [-0.05, 0) is 37.6 Å². The zero-order valence-electron chi connectivity index (χ0n) is 9.77. The van der Waals surface area contributed by atoms with Crippen LogP contribution in [0.2, 0.25) is 0 Å². The van der Waals surface area contributed by atoms with E-state index >= 15 is 0 Å². The molecule has 0 spiro atoms. The molecule has 1 aliphatic rings. The van der Waals surface area contributed by atoms with E-state index in [9.17, 15) is 9.90 Å². The Bertz CT molecular complexity index is 469.